The average Bonchev–Trinajstić information content (AvgIpc) is 2.94. The van der Waals surface area contributed by atoms with Crippen LogP contribution in [0.5, 0.6) is 0 Å². The molecule has 0 radical (unpaired) electrons. The minimum absolute atomic E-state index is 0.448. The highest BCUT2D eigenvalue weighted by Crippen LogP contribution is 2.29. The highest BCUT2D eigenvalue weighted by atomic mass is 79.9. The van der Waals surface area contributed by atoms with E-state index in [0.29, 0.717) is 6.04 Å². The van der Waals surface area contributed by atoms with Gasteiger partial charge in [0.25, 0.3) is 0 Å². The van der Waals surface area contributed by atoms with Gasteiger partial charge < -0.3 is 5.32 Å². The van der Waals surface area contributed by atoms with Crippen LogP contribution in [0.15, 0.2) is 15.9 Å². The number of rotatable bonds is 5. The third-order valence-electron chi connectivity index (χ3n) is 3.60. The first-order chi connectivity index (χ1) is 8.22. The second-order valence-corrected chi connectivity index (χ2v) is 6.49. The van der Waals surface area contributed by atoms with E-state index in [4.69, 9.17) is 0 Å². The molecule has 0 aliphatic carbocycles. The van der Waals surface area contributed by atoms with Crippen LogP contribution in [0.4, 0.5) is 0 Å². The quantitative estimate of drug-likeness (QED) is 0.892. The number of hydrogen-bond donors (Lipinski definition) is 1. The van der Waals surface area contributed by atoms with Gasteiger partial charge in [-0.2, -0.15) is 0 Å². The van der Waals surface area contributed by atoms with Gasteiger partial charge in [-0.05, 0) is 60.2 Å². The molecule has 0 spiro atoms. The van der Waals surface area contributed by atoms with Crippen molar-refractivity contribution < 1.29 is 0 Å². The van der Waals surface area contributed by atoms with Crippen LogP contribution in [0, 0.1) is 0 Å². The van der Waals surface area contributed by atoms with Crippen molar-refractivity contribution in [2.45, 2.75) is 38.8 Å². The minimum atomic E-state index is 0.448. The van der Waals surface area contributed by atoms with Gasteiger partial charge in [-0.25, -0.2) is 0 Å². The normalized spacial score (nSPS) is 23.1. The summed E-state index contributed by atoms with van der Waals surface area (Å²) in [4.78, 5) is 3.99. The maximum absolute atomic E-state index is 3.67. The molecule has 2 heterocycles. The Kier molecular flexibility index (Phi) is 5.03. The monoisotopic (exact) mass is 316 g/mol. The molecule has 0 bridgehead atoms. The highest BCUT2D eigenvalue weighted by Gasteiger charge is 2.23. The van der Waals surface area contributed by atoms with Crippen molar-refractivity contribution in [3.63, 3.8) is 0 Å². The first-order valence-corrected chi connectivity index (χ1v) is 8.10. The highest BCUT2D eigenvalue weighted by molar-refractivity contribution is 9.10. The smallest absolute Gasteiger partial charge is 0.0398 e. The molecule has 1 saturated heterocycles. The van der Waals surface area contributed by atoms with Crippen molar-refractivity contribution in [2.75, 3.05) is 19.6 Å². The van der Waals surface area contributed by atoms with E-state index in [1.54, 1.807) is 0 Å². The lowest BCUT2D eigenvalue weighted by Crippen LogP contribution is -2.38. The Bertz CT molecular complexity index is 353. The fourth-order valence-corrected chi connectivity index (χ4v) is 4.31. The van der Waals surface area contributed by atoms with E-state index in [-0.39, 0.29) is 0 Å². The van der Waals surface area contributed by atoms with Crippen molar-refractivity contribution in [3.05, 3.63) is 20.8 Å². The van der Waals surface area contributed by atoms with Crippen LogP contribution in [-0.4, -0.2) is 30.6 Å². The average molecular weight is 317 g/mol. The molecule has 2 rings (SSSR count). The molecule has 1 aliphatic rings. The second-order valence-electron chi connectivity index (χ2n) is 4.69. The van der Waals surface area contributed by atoms with E-state index in [1.807, 2.05) is 11.3 Å². The fourth-order valence-electron chi connectivity index (χ4n) is 2.56. The summed E-state index contributed by atoms with van der Waals surface area (Å²) in [5.74, 6) is 0. The first kappa shape index (κ1) is 13.5. The number of likely N-dealkylation sites (tertiary alicyclic amines) is 1. The number of thiophene rings is 1. The van der Waals surface area contributed by atoms with E-state index in [9.17, 15) is 0 Å². The van der Waals surface area contributed by atoms with Gasteiger partial charge >= 0.3 is 0 Å². The zero-order chi connectivity index (χ0) is 12.3. The van der Waals surface area contributed by atoms with Crippen LogP contribution in [0.3, 0.4) is 0 Å². The molecular formula is C13H21BrN2S. The summed E-state index contributed by atoms with van der Waals surface area (Å²) < 4.78 is 1.24. The Morgan fingerprint density at radius 2 is 2.47 bits per heavy atom. The van der Waals surface area contributed by atoms with Crippen molar-refractivity contribution in [1.82, 2.24) is 10.2 Å². The summed E-state index contributed by atoms with van der Waals surface area (Å²) in [7, 11) is 0. The third-order valence-corrected chi connectivity index (χ3v) is 5.66. The molecule has 2 atom stereocenters. The Hall–Kier alpha value is 0.100. The largest absolute Gasteiger partial charge is 0.308 e. The van der Waals surface area contributed by atoms with Crippen molar-refractivity contribution in [3.8, 4) is 0 Å². The number of hydrogen-bond acceptors (Lipinski definition) is 3. The molecule has 2 nitrogen and oxygen atoms in total. The van der Waals surface area contributed by atoms with Gasteiger partial charge in [-0.1, -0.05) is 6.92 Å². The van der Waals surface area contributed by atoms with Gasteiger partial charge in [0.1, 0.15) is 0 Å². The van der Waals surface area contributed by atoms with Crippen LogP contribution < -0.4 is 5.32 Å². The van der Waals surface area contributed by atoms with Crippen molar-refractivity contribution in [1.29, 1.82) is 0 Å². The van der Waals surface area contributed by atoms with Crippen LogP contribution in [0.2, 0.25) is 0 Å². The van der Waals surface area contributed by atoms with Gasteiger partial charge in [0.05, 0.1) is 0 Å². The molecular weight excluding hydrogens is 296 g/mol. The number of likely N-dealkylation sites (N-methyl/N-ethyl adjacent to an activating group) is 1. The Morgan fingerprint density at radius 1 is 1.65 bits per heavy atom. The summed E-state index contributed by atoms with van der Waals surface area (Å²) in [5.41, 5.74) is 0. The molecule has 0 saturated carbocycles. The van der Waals surface area contributed by atoms with Crippen LogP contribution in [0.1, 0.15) is 37.6 Å². The fraction of sp³-hybridized carbons (Fsp3) is 0.692. The van der Waals surface area contributed by atoms with E-state index in [1.165, 1.54) is 35.3 Å². The van der Waals surface area contributed by atoms with E-state index in [2.05, 4.69) is 51.4 Å². The van der Waals surface area contributed by atoms with Crippen molar-refractivity contribution in [2.24, 2.45) is 0 Å². The zero-order valence-corrected chi connectivity index (χ0v) is 13.0. The van der Waals surface area contributed by atoms with Gasteiger partial charge in [-0.3, -0.25) is 4.90 Å². The second kappa shape index (κ2) is 6.32. The summed E-state index contributed by atoms with van der Waals surface area (Å²) in [5, 5.41) is 5.82. The van der Waals surface area contributed by atoms with Gasteiger partial charge in [0, 0.05) is 28.0 Å². The molecule has 1 aromatic rings. The lowest BCUT2D eigenvalue weighted by Gasteiger charge is -2.24. The van der Waals surface area contributed by atoms with Crippen molar-refractivity contribution >= 4 is 27.3 Å². The molecule has 0 amide bonds. The number of nitrogens with one attached hydrogen (secondary N) is 1. The number of nitrogens with zero attached hydrogens (tertiary/aromatic N) is 1. The molecule has 4 heteroatoms. The molecule has 0 aromatic carbocycles. The minimum Gasteiger partial charge on any atom is -0.308 e. The standard InChI is InChI=1S/C13H21BrN2S/c1-3-16-7-4-5-11(16)9-15-10(2)13-12(14)6-8-17-13/h6,8,10-11,15H,3-5,7,9H2,1-2H3. The Balaban J connectivity index is 1.84. The Morgan fingerprint density at radius 3 is 3.12 bits per heavy atom. The molecule has 1 aromatic heterocycles. The van der Waals surface area contributed by atoms with Gasteiger partial charge in [0.15, 0.2) is 0 Å². The molecule has 96 valence electrons. The summed E-state index contributed by atoms with van der Waals surface area (Å²) in [6.45, 7) is 8.09. The van der Waals surface area contributed by atoms with Crippen LogP contribution >= 0.6 is 27.3 Å². The first-order valence-electron chi connectivity index (χ1n) is 6.42. The van der Waals surface area contributed by atoms with E-state index < -0.39 is 0 Å². The molecule has 1 fully saturated rings. The van der Waals surface area contributed by atoms with Gasteiger partial charge in [0.2, 0.25) is 0 Å². The van der Waals surface area contributed by atoms with Crippen LogP contribution in [-0.2, 0) is 0 Å². The summed E-state index contributed by atoms with van der Waals surface area (Å²) in [6, 6.07) is 3.32. The molecule has 2 unspecified atom stereocenters. The SMILES string of the molecule is CCN1CCCC1CNC(C)c1sccc1Br. The zero-order valence-electron chi connectivity index (χ0n) is 10.6. The molecule has 1 N–H and O–H groups in total. The topological polar surface area (TPSA) is 15.3 Å². The van der Waals surface area contributed by atoms with E-state index in [0.717, 1.165) is 12.6 Å². The predicted octanol–water partition coefficient (Wildman–Crippen LogP) is 3.65. The van der Waals surface area contributed by atoms with Gasteiger partial charge in [-0.15, -0.1) is 11.3 Å². The summed E-state index contributed by atoms with van der Waals surface area (Å²) in [6.07, 6.45) is 2.70. The third kappa shape index (κ3) is 3.31. The lowest BCUT2D eigenvalue weighted by molar-refractivity contribution is 0.255. The van der Waals surface area contributed by atoms with E-state index >= 15 is 0 Å². The lowest BCUT2D eigenvalue weighted by atomic mass is 10.2. The molecule has 17 heavy (non-hydrogen) atoms. The Labute approximate surface area is 117 Å². The summed E-state index contributed by atoms with van der Waals surface area (Å²) >= 11 is 5.43. The van der Waals surface area contributed by atoms with Crippen LogP contribution in [0.25, 0.3) is 0 Å². The number of halogens is 1. The predicted molar refractivity (Wildman–Crippen MR) is 78.7 cm³/mol. The maximum Gasteiger partial charge on any atom is 0.0398 e. The maximum atomic E-state index is 3.67. The molecule has 1 aliphatic heterocycles.